The highest BCUT2D eigenvalue weighted by Gasteiger charge is 2.21. The number of pyridine rings is 1. The number of carbonyl (C=O) groups is 1. The van der Waals surface area contributed by atoms with Crippen LogP contribution in [0.1, 0.15) is 37.2 Å². The number of rotatable bonds is 5. The molecule has 11 heteroatoms. The fourth-order valence-corrected chi connectivity index (χ4v) is 2.52. The molecule has 0 radical (unpaired) electrons. The molecule has 0 aliphatic carbocycles. The third-order valence-corrected chi connectivity index (χ3v) is 4.11. The Morgan fingerprint density at radius 2 is 1.86 bits per heavy atom. The van der Waals surface area contributed by atoms with Crippen LogP contribution < -0.4 is 5.32 Å². The fourth-order valence-electron chi connectivity index (χ4n) is 2.52. The molecular formula is C18H18F2N6O3. The zero-order valence-electron chi connectivity index (χ0n) is 15.8. The highest BCUT2D eigenvalue weighted by Crippen LogP contribution is 2.26. The normalized spacial score (nSPS) is 13.0. The molecule has 0 spiro atoms. The van der Waals surface area contributed by atoms with Gasteiger partial charge in [0.05, 0.1) is 29.6 Å². The maximum absolute atomic E-state index is 13.7. The van der Waals surface area contributed by atoms with Gasteiger partial charge >= 0.3 is 6.09 Å². The number of aliphatic hydroxyl groups excluding tert-OH is 1. The first kappa shape index (κ1) is 20.3. The van der Waals surface area contributed by atoms with Crippen LogP contribution in [0.5, 0.6) is 0 Å². The number of hydrogen-bond acceptors (Lipinski definition) is 7. The van der Waals surface area contributed by atoms with Gasteiger partial charge in [0.15, 0.2) is 5.82 Å². The molecule has 0 fully saturated rings. The molecule has 1 unspecified atom stereocenters. The summed E-state index contributed by atoms with van der Waals surface area (Å²) >= 11 is 0. The highest BCUT2D eigenvalue weighted by atomic mass is 19.1. The number of hydrogen-bond donors (Lipinski definition) is 2. The lowest BCUT2D eigenvalue weighted by molar-refractivity contribution is 0.118. The number of nitrogens with one attached hydrogen (secondary N) is 1. The van der Waals surface area contributed by atoms with Gasteiger partial charge in [-0.15, -0.1) is 0 Å². The van der Waals surface area contributed by atoms with Crippen LogP contribution in [0.25, 0.3) is 11.4 Å². The fraction of sp³-hybridized carbons (Fsp3) is 0.278. The number of amides is 1. The molecule has 3 heterocycles. The smallest absolute Gasteiger partial charge is 0.413 e. The Balaban J connectivity index is 1.77. The average Bonchev–Trinajstić information content (AvgIpc) is 3.04. The van der Waals surface area contributed by atoms with Gasteiger partial charge in [-0.1, -0.05) is 0 Å². The molecule has 0 saturated carbocycles. The number of aromatic nitrogens is 5. The van der Waals surface area contributed by atoms with E-state index in [1.165, 1.54) is 30.2 Å². The van der Waals surface area contributed by atoms with Crippen LogP contribution in [0, 0.1) is 11.8 Å². The number of nitrogens with zero attached hydrogens (tertiary/aromatic N) is 5. The number of carbonyl (C=O) groups excluding carboxylic acids is 1. The summed E-state index contributed by atoms with van der Waals surface area (Å²) in [5.74, 6) is -1.17. The summed E-state index contributed by atoms with van der Waals surface area (Å²) in [4.78, 5) is 23.9. The van der Waals surface area contributed by atoms with Gasteiger partial charge in [-0.2, -0.15) is 9.49 Å². The molecule has 0 aliphatic heterocycles. The van der Waals surface area contributed by atoms with Crippen LogP contribution in [0.2, 0.25) is 0 Å². The summed E-state index contributed by atoms with van der Waals surface area (Å²) < 4.78 is 33.5. The van der Waals surface area contributed by atoms with Gasteiger partial charge < -0.3 is 9.84 Å². The van der Waals surface area contributed by atoms with E-state index in [-0.39, 0.29) is 17.2 Å². The van der Waals surface area contributed by atoms with Crippen LogP contribution in [0.15, 0.2) is 30.9 Å². The van der Waals surface area contributed by atoms with Crippen molar-refractivity contribution in [2.75, 3.05) is 5.32 Å². The zero-order chi connectivity index (χ0) is 21.1. The second kappa shape index (κ2) is 8.27. The number of anilines is 1. The minimum Gasteiger partial charge on any atom is -0.441 e. The van der Waals surface area contributed by atoms with E-state index in [4.69, 9.17) is 4.74 Å². The summed E-state index contributed by atoms with van der Waals surface area (Å²) in [6.45, 7) is 2.98. The number of halogens is 2. The zero-order valence-corrected chi connectivity index (χ0v) is 15.8. The Bertz CT molecular complexity index is 1020. The second-order valence-corrected chi connectivity index (χ2v) is 6.25. The van der Waals surface area contributed by atoms with Gasteiger partial charge in [0.25, 0.3) is 0 Å². The summed E-state index contributed by atoms with van der Waals surface area (Å²) in [7, 11) is 1.59. The molecule has 2 atom stereocenters. The van der Waals surface area contributed by atoms with Crippen molar-refractivity contribution in [1.82, 2.24) is 24.7 Å². The molecule has 3 rings (SSSR count). The van der Waals surface area contributed by atoms with Gasteiger partial charge in [0.1, 0.15) is 17.7 Å². The van der Waals surface area contributed by atoms with Crippen molar-refractivity contribution < 1.29 is 23.4 Å². The van der Waals surface area contributed by atoms with Crippen molar-refractivity contribution in [3.8, 4) is 11.4 Å². The first-order valence-electron chi connectivity index (χ1n) is 8.57. The Hall–Kier alpha value is -3.47. The molecule has 1 amide bonds. The van der Waals surface area contributed by atoms with E-state index in [1.807, 2.05) is 0 Å². The Kier molecular flexibility index (Phi) is 5.78. The van der Waals surface area contributed by atoms with E-state index < -0.39 is 30.1 Å². The average molecular weight is 404 g/mol. The van der Waals surface area contributed by atoms with Crippen molar-refractivity contribution in [3.05, 3.63) is 53.7 Å². The molecule has 152 valence electrons. The molecule has 0 bridgehead atoms. The molecule has 0 aliphatic rings. The first-order valence-corrected chi connectivity index (χ1v) is 8.57. The van der Waals surface area contributed by atoms with Crippen molar-refractivity contribution in [2.45, 2.75) is 26.1 Å². The molecule has 2 N–H and O–H groups in total. The van der Waals surface area contributed by atoms with E-state index in [9.17, 15) is 18.7 Å². The SMILES string of the molecule is CC(O)c1cnc(-c2cnn(C)c2NC(=O)O[C@H](C)c2cc(F)cnc2F)nc1. The third-order valence-electron chi connectivity index (χ3n) is 4.11. The van der Waals surface area contributed by atoms with Crippen LogP contribution in [0.4, 0.5) is 19.4 Å². The molecule has 3 aromatic heterocycles. The monoisotopic (exact) mass is 404 g/mol. The molecular weight excluding hydrogens is 386 g/mol. The lowest BCUT2D eigenvalue weighted by Gasteiger charge is -2.15. The highest BCUT2D eigenvalue weighted by molar-refractivity contribution is 5.88. The maximum atomic E-state index is 13.7. The van der Waals surface area contributed by atoms with Gasteiger partial charge in [0.2, 0.25) is 5.95 Å². The Morgan fingerprint density at radius 1 is 1.17 bits per heavy atom. The maximum Gasteiger partial charge on any atom is 0.413 e. The summed E-state index contributed by atoms with van der Waals surface area (Å²) in [6.07, 6.45) is 2.39. The van der Waals surface area contributed by atoms with Crippen LogP contribution in [-0.2, 0) is 11.8 Å². The largest absolute Gasteiger partial charge is 0.441 e. The van der Waals surface area contributed by atoms with Crippen LogP contribution in [-0.4, -0.2) is 35.9 Å². The first-order chi connectivity index (χ1) is 13.8. The van der Waals surface area contributed by atoms with Crippen molar-refractivity contribution in [1.29, 1.82) is 0 Å². The molecule has 29 heavy (non-hydrogen) atoms. The van der Waals surface area contributed by atoms with Crippen molar-refractivity contribution in [3.63, 3.8) is 0 Å². The lowest BCUT2D eigenvalue weighted by atomic mass is 10.2. The number of aliphatic hydroxyl groups is 1. The van der Waals surface area contributed by atoms with Gasteiger partial charge in [0, 0.05) is 25.0 Å². The van der Waals surface area contributed by atoms with E-state index in [0.717, 1.165) is 12.3 Å². The van der Waals surface area contributed by atoms with Crippen LogP contribution in [0.3, 0.4) is 0 Å². The quantitative estimate of drug-likeness (QED) is 0.628. The minimum atomic E-state index is -1.09. The standard InChI is InChI=1S/C18H18F2N6O3/c1-9(27)11-5-22-16(23-6-11)14-8-24-26(3)17(14)25-18(28)29-10(2)13-4-12(19)7-21-15(13)20/h4-10,27H,1-3H3,(H,25,28)/t9?,10-/m1/s1. The van der Waals surface area contributed by atoms with Crippen LogP contribution >= 0.6 is 0 Å². The van der Waals surface area contributed by atoms with E-state index >= 15 is 0 Å². The van der Waals surface area contributed by atoms with Gasteiger partial charge in [-0.3, -0.25) is 10.00 Å². The molecule has 3 aromatic rings. The second-order valence-electron chi connectivity index (χ2n) is 6.25. The number of aryl methyl sites for hydroxylation is 1. The minimum absolute atomic E-state index is 0.192. The van der Waals surface area contributed by atoms with E-state index in [0.29, 0.717) is 11.1 Å². The summed E-state index contributed by atoms with van der Waals surface area (Å²) in [5, 5.41) is 16.1. The van der Waals surface area contributed by atoms with E-state index in [1.54, 1.807) is 14.0 Å². The van der Waals surface area contributed by atoms with E-state index in [2.05, 4.69) is 25.4 Å². The number of ether oxygens (including phenoxy) is 1. The Morgan fingerprint density at radius 3 is 2.52 bits per heavy atom. The van der Waals surface area contributed by atoms with Crippen molar-refractivity contribution >= 4 is 11.9 Å². The van der Waals surface area contributed by atoms with Crippen molar-refractivity contribution in [2.24, 2.45) is 7.05 Å². The predicted molar refractivity (Wildman–Crippen MR) is 97.5 cm³/mol. The predicted octanol–water partition coefficient (Wildman–Crippen LogP) is 2.91. The molecule has 0 aromatic carbocycles. The summed E-state index contributed by atoms with van der Waals surface area (Å²) in [6, 6.07) is 0.910. The Labute approximate surface area is 164 Å². The topological polar surface area (TPSA) is 115 Å². The third kappa shape index (κ3) is 4.51. The molecule has 9 nitrogen and oxygen atoms in total. The summed E-state index contributed by atoms with van der Waals surface area (Å²) in [5.41, 5.74) is 0.751. The lowest BCUT2D eigenvalue weighted by Crippen LogP contribution is -2.19. The van der Waals surface area contributed by atoms with Gasteiger partial charge in [-0.25, -0.2) is 24.1 Å². The van der Waals surface area contributed by atoms with Gasteiger partial charge in [-0.05, 0) is 19.9 Å². The molecule has 0 saturated heterocycles.